The summed E-state index contributed by atoms with van der Waals surface area (Å²) in [5, 5.41) is 34.7. The molecule has 2 amide bonds. The molecular formula is C39H37F3N6O6S. The summed E-state index contributed by atoms with van der Waals surface area (Å²) in [6, 6.07) is 28.1. The summed E-state index contributed by atoms with van der Waals surface area (Å²) in [5.41, 5.74) is 5.60. The molecule has 0 bridgehead atoms. The van der Waals surface area contributed by atoms with Crippen LogP contribution < -0.4 is 5.32 Å². The van der Waals surface area contributed by atoms with Gasteiger partial charge < -0.3 is 29.9 Å². The molecule has 4 atom stereocenters. The number of benzene rings is 4. The van der Waals surface area contributed by atoms with E-state index in [1.165, 1.54) is 11.8 Å². The number of tetrazole rings is 1. The van der Waals surface area contributed by atoms with E-state index >= 15 is 0 Å². The molecule has 3 heterocycles. The van der Waals surface area contributed by atoms with Gasteiger partial charge in [0.05, 0.1) is 24.5 Å². The molecule has 2 aliphatic heterocycles. The summed E-state index contributed by atoms with van der Waals surface area (Å²) >= 11 is 1.43. The lowest BCUT2D eigenvalue weighted by Gasteiger charge is -2.36. The van der Waals surface area contributed by atoms with Gasteiger partial charge in [0, 0.05) is 30.8 Å². The largest absolute Gasteiger partial charge is 0.508 e. The second kappa shape index (κ2) is 16.6. The third kappa shape index (κ3) is 8.99. The molecule has 4 aromatic carbocycles. The number of nitrogens with zero attached hydrogens (tertiary/aromatic N) is 5. The van der Waals surface area contributed by atoms with Crippen LogP contribution in [-0.4, -0.2) is 77.8 Å². The zero-order chi connectivity index (χ0) is 38.5. The third-order valence-corrected chi connectivity index (χ3v) is 10.5. The zero-order valence-electron chi connectivity index (χ0n) is 29.3. The highest BCUT2D eigenvalue weighted by atomic mass is 32.2. The molecule has 16 heteroatoms. The standard InChI is InChI=1S/C39H37F3N6O6S/c40-39(41,42)37(52)47-17-3-8-33(47)35(51)43-21-25-4-1-5-27(18-25)28-6-2-7-29(19-28)36-53-32(20-34(54-36)26-11-9-24(22-49)10-12-26)23-55-38-44-45-46-48(38)30-13-15-31(50)16-14-30/h1-2,4-7,9-16,18-19,32-34,36,49-50H,3,8,17,20-23H2,(H,43,51)/t32-,33-,34+,36+/m0/s1. The summed E-state index contributed by atoms with van der Waals surface area (Å²) in [6.45, 7) is -0.124. The summed E-state index contributed by atoms with van der Waals surface area (Å²) in [7, 11) is 0. The van der Waals surface area contributed by atoms with Crippen LogP contribution in [0.2, 0.25) is 0 Å². The van der Waals surface area contributed by atoms with Crippen molar-refractivity contribution in [2.24, 2.45) is 0 Å². The number of thioether (sulfide) groups is 1. The first-order valence-electron chi connectivity index (χ1n) is 17.6. The van der Waals surface area contributed by atoms with Crippen LogP contribution in [-0.2, 0) is 32.2 Å². The number of aromatic nitrogens is 4. The predicted octanol–water partition coefficient (Wildman–Crippen LogP) is 6.03. The molecule has 12 nitrogen and oxygen atoms in total. The van der Waals surface area contributed by atoms with E-state index in [2.05, 4.69) is 20.8 Å². The maximum Gasteiger partial charge on any atom is 0.471 e. The molecule has 2 saturated heterocycles. The molecule has 0 saturated carbocycles. The number of ether oxygens (including phenoxy) is 2. The number of nitrogens with one attached hydrogen (secondary N) is 1. The molecule has 0 aliphatic carbocycles. The first-order chi connectivity index (χ1) is 26.6. The van der Waals surface area contributed by atoms with Crippen molar-refractivity contribution in [1.82, 2.24) is 30.4 Å². The van der Waals surface area contributed by atoms with Crippen molar-refractivity contribution in [3.8, 4) is 22.6 Å². The number of carbonyl (C=O) groups is 2. The van der Waals surface area contributed by atoms with E-state index in [0.717, 1.165) is 33.4 Å². The lowest BCUT2D eigenvalue weighted by molar-refractivity contribution is -0.245. The minimum Gasteiger partial charge on any atom is -0.508 e. The van der Waals surface area contributed by atoms with Gasteiger partial charge in [0.25, 0.3) is 0 Å². The Morgan fingerprint density at radius 2 is 1.65 bits per heavy atom. The summed E-state index contributed by atoms with van der Waals surface area (Å²) in [6.07, 6.45) is -5.37. The average molecular weight is 775 g/mol. The molecule has 2 fully saturated rings. The number of phenolic OH excluding ortho intramolecular Hbond substituents is 1. The Kier molecular flexibility index (Phi) is 11.5. The Bertz CT molecular complexity index is 2120. The number of halogens is 3. The van der Waals surface area contributed by atoms with Crippen LogP contribution in [0.4, 0.5) is 13.2 Å². The summed E-state index contributed by atoms with van der Waals surface area (Å²) in [5.74, 6) is -1.99. The Morgan fingerprint density at radius 1 is 0.909 bits per heavy atom. The van der Waals surface area contributed by atoms with Crippen molar-refractivity contribution in [1.29, 1.82) is 0 Å². The number of aliphatic hydroxyl groups is 1. The van der Waals surface area contributed by atoms with Gasteiger partial charge in [0.15, 0.2) is 6.29 Å². The Hall–Kier alpha value is -5.29. The number of carbonyl (C=O) groups excluding carboxylic acids is 2. The second-order valence-corrected chi connectivity index (χ2v) is 14.2. The van der Waals surface area contributed by atoms with Gasteiger partial charge in [-0.2, -0.15) is 17.9 Å². The number of amides is 2. The van der Waals surface area contributed by atoms with Gasteiger partial charge in [-0.05, 0) is 87.5 Å². The van der Waals surface area contributed by atoms with Crippen molar-refractivity contribution in [2.45, 2.75) is 68.3 Å². The average Bonchev–Trinajstić information content (AvgIpc) is 3.90. The van der Waals surface area contributed by atoms with Gasteiger partial charge in [-0.15, -0.1) is 5.10 Å². The van der Waals surface area contributed by atoms with Crippen molar-refractivity contribution >= 4 is 23.6 Å². The Balaban J connectivity index is 1.07. The van der Waals surface area contributed by atoms with Gasteiger partial charge in [-0.1, -0.05) is 72.4 Å². The number of aliphatic hydroxyl groups excluding tert-OH is 1. The third-order valence-electron chi connectivity index (χ3n) is 9.49. The van der Waals surface area contributed by atoms with Gasteiger partial charge in [-0.3, -0.25) is 9.59 Å². The molecule has 3 N–H and O–H groups in total. The van der Waals surface area contributed by atoms with Crippen LogP contribution in [0.3, 0.4) is 0 Å². The van der Waals surface area contributed by atoms with E-state index in [0.29, 0.717) is 34.3 Å². The SMILES string of the molecule is O=C(NCc1cccc(-c2cccc([C@@H]3O[C@H](CSc4nnnn4-c4ccc(O)cc4)C[C@H](c4ccc(CO)cc4)O3)c2)c1)[C@@H]1CCCN1C(=O)C(F)(F)F. The lowest BCUT2D eigenvalue weighted by Crippen LogP contribution is -2.50. The van der Waals surface area contributed by atoms with Crippen molar-refractivity contribution in [3.05, 3.63) is 119 Å². The van der Waals surface area contributed by atoms with E-state index in [1.807, 2.05) is 66.7 Å². The molecular weight excluding hydrogens is 738 g/mol. The van der Waals surface area contributed by atoms with Gasteiger partial charge >= 0.3 is 12.1 Å². The molecule has 7 rings (SSSR count). The Morgan fingerprint density at radius 3 is 2.40 bits per heavy atom. The highest BCUT2D eigenvalue weighted by molar-refractivity contribution is 7.99. The maximum absolute atomic E-state index is 13.1. The number of likely N-dealkylation sites (tertiary alicyclic amines) is 1. The Labute approximate surface area is 318 Å². The highest BCUT2D eigenvalue weighted by Crippen LogP contribution is 2.40. The number of rotatable bonds is 11. The van der Waals surface area contributed by atoms with Gasteiger partial charge in [-0.25, -0.2) is 0 Å². The molecule has 5 aromatic rings. The minimum atomic E-state index is -5.04. The smallest absolute Gasteiger partial charge is 0.471 e. The van der Waals surface area contributed by atoms with Crippen LogP contribution in [0.15, 0.2) is 102 Å². The molecule has 286 valence electrons. The van der Waals surface area contributed by atoms with Crippen LogP contribution in [0.1, 0.15) is 53.9 Å². The monoisotopic (exact) mass is 774 g/mol. The normalized spacial score (nSPS) is 20.0. The molecule has 0 spiro atoms. The number of aromatic hydroxyl groups is 1. The minimum absolute atomic E-state index is 0.0673. The lowest BCUT2D eigenvalue weighted by atomic mass is 9.99. The van der Waals surface area contributed by atoms with E-state index in [9.17, 15) is 33.0 Å². The molecule has 55 heavy (non-hydrogen) atoms. The van der Waals surface area contributed by atoms with Gasteiger partial charge in [0.2, 0.25) is 11.1 Å². The summed E-state index contributed by atoms with van der Waals surface area (Å²) in [4.78, 5) is 25.4. The van der Waals surface area contributed by atoms with Crippen LogP contribution in [0.25, 0.3) is 16.8 Å². The summed E-state index contributed by atoms with van der Waals surface area (Å²) < 4.78 is 54.0. The van der Waals surface area contributed by atoms with Crippen molar-refractivity contribution in [3.63, 3.8) is 0 Å². The van der Waals surface area contributed by atoms with E-state index in [-0.39, 0.29) is 44.1 Å². The first-order valence-corrected chi connectivity index (χ1v) is 18.6. The van der Waals surface area contributed by atoms with Crippen molar-refractivity contribution < 1.29 is 42.4 Å². The maximum atomic E-state index is 13.1. The number of hydrogen-bond donors (Lipinski definition) is 3. The fraction of sp³-hybridized carbons (Fsp3) is 0.308. The molecule has 0 radical (unpaired) electrons. The van der Waals surface area contributed by atoms with E-state index in [1.54, 1.807) is 35.0 Å². The first kappa shape index (κ1) is 38.0. The fourth-order valence-electron chi connectivity index (χ4n) is 6.69. The number of alkyl halides is 3. The van der Waals surface area contributed by atoms with Crippen LogP contribution in [0.5, 0.6) is 5.75 Å². The highest BCUT2D eigenvalue weighted by Gasteiger charge is 2.47. The zero-order valence-corrected chi connectivity index (χ0v) is 30.1. The number of phenols is 1. The second-order valence-electron chi connectivity index (χ2n) is 13.2. The molecule has 0 unspecified atom stereocenters. The van der Waals surface area contributed by atoms with Crippen LogP contribution >= 0.6 is 11.8 Å². The number of hydrogen-bond acceptors (Lipinski definition) is 10. The van der Waals surface area contributed by atoms with Crippen molar-refractivity contribution in [2.75, 3.05) is 12.3 Å². The molecule has 2 aliphatic rings. The van der Waals surface area contributed by atoms with E-state index in [4.69, 9.17) is 9.47 Å². The topological polar surface area (TPSA) is 152 Å². The quantitative estimate of drug-likeness (QED) is 0.136. The molecule has 1 aromatic heterocycles. The predicted molar refractivity (Wildman–Crippen MR) is 194 cm³/mol. The van der Waals surface area contributed by atoms with E-state index < -0.39 is 30.3 Å². The van der Waals surface area contributed by atoms with Crippen LogP contribution in [0, 0.1) is 0 Å². The van der Waals surface area contributed by atoms with Gasteiger partial charge in [0.1, 0.15) is 11.8 Å². The fourth-order valence-corrected chi connectivity index (χ4v) is 7.60.